The molecule has 1 unspecified atom stereocenters. The first-order chi connectivity index (χ1) is 1.00. The van der Waals surface area contributed by atoms with E-state index in [9.17, 15) is 0 Å². The summed E-state index contributed by atoms with van der Waals surface area (Å²) in [5.74, 6) is 0. The summed E-state index contributed by atoms with van der Waals surface area (Å²) in [4.78, 5) is 0. The molecule has 0 aliphatic carbocycles. The summed E-state index contributed by atoms with van der Waals surface area (Å²) in [5.41, 5.74) is 0. The SMILES string of the molecule is O=S.P.[Lu]. The molecule has 0 rings (SSSR count). The molecule has 0 N–H and O–H groups in total. The van der Waals surface area contributed by atoms with Crippen LogP contribution in [0.3, 0.4) is 0 Å². The van der Waals surface area contributed by atoms with Crippen LogP contribution < -0.4 is 0 Å². The monoisotopic (exact) mass is 257 g/mol. The first-order valence-electron chi connectivity index (χ1n) is 0.167. The van der Waals surface area contributed by atoms with Crippen LogP contribution in [0.5, 0.6) is 0 Å². The third kappa shape index (κ3) is 9.36. The van der Waals surface area contributed by atoms with Gasteiger partial charge in [-0.05, 0) is 0 Å². The molecule has 1 radical (unpaired) electrons. The molecule has 0 spiro atoms. The van der Waals surface area contributed by atoms with Crippen molar-refractivity contribution >= 4 is 22.4 Å². The Hall–Kier alpha value is 1.68. The first kappa shape index (κ1) is 17.3. The molecule has 4 heteroatoms. The zero-order chi connectivity index (χ0) is 2.00. The zero-order valence-electron chi connectivity index (χ0n) is 1.78. The summed E-state index contributed by atoms with van der Waals surface area (Å²) in [6, 6.07) is 0. The Morgan fingerprint density at radius 1 is 1.25 bits per heavy atom. The summed E-state index contributed by atoms with van der Waals surface area (Å²) in [7, 11) is 0. The van der Waals surface area contributed by atoms with E-state index in [4.69, 9.17) is 4.21 Å². The molecule has 0 bridgehead atoms. The molecule has 0 aliphatic heterocycles. The number of hydrogen-bond acceptors (Lipinski definition) is 2. The summed E-state index contributed by atoms with van der Waals surface area (Å²) in [6.45, 7) is 0. The minimum Gasteiger partial charge on any atom is -0.197 e. The molecule has 0 aliphatic rings. The van der Waals surface area contributed by atoms with Crippen LogP contribution in [0.4, 0.5) is 0 Å². The number of hydrogen-bond donors (Lipinski definition) is 0. The molecule has 0 aromatic heterocycles. The van der Waals surface area contributed by atoms with Crippen molar-refractivity contribution in [3.8, 4) is 0 Å². The van der Waals surface area contributed by atoms with Gasteiger partial charge >= 0.3 is 0 Å². The van der Waals surface area contributed by atoms with Crippen LogP contribution in [0.15, 0.2) is 0 Å². The Morgan fingerprint density at radius 2 is 1.25 bits per heavy atom. The molecule has 0 heterocycles. The van der Waals surface area contributed by atoms with Gasteiger partial charge in [-0.2, -0.15) is 14.1 Å². The Balaban J connectivity index is -0.00000000500. The van der Waals surface area contributed by atoms with Gasteiger partial charge in [0.25, 0.3) is 0 Å². The van der Waals surface area contributed by atoms with Crippen molar-refractivity contribution in [2.24, 2.45) is 0 Å². The molecular formula is H3LuOPS. The molecule has 1 atom stereocenters. The fraction of sp³-hybridized carbons (Fsp3) is 0. The van der Waals surface area contributed by atoms with Crippen LogP contribution >= 0.6 is 9.90 Å². The fourth-order valence-electron chi connectivity index (χ4n) is 0. The van der Waals surface area contributed by atoms with Gasteiger partial charge in [0.2, 0.25) is 0 Å². The van der Waals surface area contributed by atoms with Crippen molar-refractivity contribution in [3.63, 3.8) is 0 Å². The van der Waals surface area contributed by atoms with Gasteiger partial charge in [-0.25, -0.2) is 0 Å². The largest absolute Gasteiger partial charge is 0.197 e. The molecule has 1 nitrogen and oxygen atoms in total. The molecule has 0 amide bonds. The summed E-state index contributed by atoms with van der Waals surface area (Å²) in [6.07, 6.45) is 0. The first-order valence-corrected chi connectivity index (χ1v) is 0.500. The summed E-state index contributed by atoms with van der Waals surface area (Å²) < 4.78 is 7.83. The third-order valence-corrected chi connectivity index (χ3v) is 0. The van der Waals surface area contributed by atoms with E-state index in [2.05, 4.69) is 12.5 Å². The second-order valence-corrected chi connectivity index (χ2v) is 0. The van der Waals surface area contributed by atoms with Crippen LogP contribution in [0, 0.1) is 36.9 Å². The van der Waals surface area contributed by atoms with Crippen molar-refractivity contribution < 1.29 is 41.1 Å². The Bertz CT molecular complexity index is 8.00. The Kier molecular flexibility index (Phi) is 97.0. The Labute approximate surface area is 62.9 Å². The molecule has 0 saturated heterocycles. The fourth-order valence-corrected chi connectivity index (χ4v) is 0. The molecular weight excluding hydrogens is 254 g/mol. The summed E-state index contributed by atoms with van der Waals surface area (Å²) in [5, 5.41) is 0. The van der Waals surface area contributed by atoms with Gasteiger partial charge in [0.05, 0.1) is 0 Å². The van der Waals surface area contributed by atoms with E-state index >= 15 is 0 Å². The smallest absolute Gasteiger partial charge is 0.197 e. The van der Waals surface area contributed by atoms with Gasteiger partial charge in [-0.15, -0.1) is 0 Å². The van der Waals surface area contributed by atoms with Gasteiger partial charge in [-0.1, -0.05) is 0 Å². The predicted octanol–water partition coefficient (Wildman–Crippen LogP) is -0.278. The maximum atomic E-state index is 7.83. The molecule has 0 aromatic rings. The van der Waals surface area contributed by atoms with E-state index in [1.165, 1.54) is 0 Å². The average Bonchev–Trinajstić information content (AvgIpc) is 1.00. The van der Waals surface area contributed by atoms with Crippen molar-refractivity contribution in [3.05, 3.63) is 0 Å². The number of rotatable bonds is 0. The average molecular weight is 257 g/mol. The standard InChI is InChI=1S/Lu.OS.H3P/c;1-2;/h;;1H3. The van der Waals surface area contributed by atoms with E-state index < -0.39 is 0 Å². The molecule has 0 fully saturated rings. The van der Waals surface area contributed by atoms with E-state index in [-0.39, 0.29) is 46.8 Å². The van der Waals surface area contributed by atoms with E-state index in [0.29, 0.717) is 0 Å². The second kappa shape index (κ2) is 22.4. The van der Waals surface area contributed by atoms with Crippen molar-refractivity contribution in [2.45, 2.75) is 0 Å². The van der Waals surface area contributed by atoms with Crippen molar-refractivity contribution in [2.75, 3.05) is 0 Å². The molecule has 35 valence electrons. The van der Waals surface area contributed by atoms with Crippen LogP contribution in [0.2, 0.25) is 0 Å². The normalized spacial score (nSPS) is 1.00. The minimum absolute atomic E-state index is 0. The molecule has 0 aromatic carbocycles. The third-order valence-electron chi connectivity index (χ3n) is 0. The summed E-state index contributed by atoms with van der Waals surface area (Å²) >= 11 is 2.83. The predicted molar refractivity (Wildman–Crippen MR) is 19.2 cm³/mol. The minimum atomic E-state index is 0. The van der Waals surface area contributed by atoms with Gasteiger partial charge in [-0.3, -0.25) is 0 Å². The van der Waals surface area contributed by atoms with Crippen molar-refractivity contribution in [1.29, 1.82) is 0 Å². The topological polar surface area (TPSA) is 17.1 Å². The van der Waals surface area contributed by atoms with Gasteiger partial charge in [0.15, 0.2) is 12.5 Å². The molecule has 0 saturated carbocycles. The quantitative estimate of drug-likeness (QED) is 0.555. The van der Waals surface area contributed by atoms with Gasteiger partial charge in [0, 0.05) is 36.9 Å². The maximum absolute atomic E-state index is 7.83. The van der Waals surface area contributed by atoms with Crippen LogP contribution in [-0.4, -0.2) is 4.21 Å². The second-order valence-electron chi connectivity index (χ2n) is 0. The van der Waals surface area contributed by atoms with Gasteiger partial charge in [0.1, 0.15) is 0 Å². The van der Waals surface area contributed by atoms with Crippen LogP contribution in [-0.2, 0) is 12.5 Å². The van der Waals surface area contributed by atoms with Gasteiger partial charge < -0.3 is 0 Å². The molecule has 4 heavy (non-hydrogen) atoms. The van der Waals surface area contributed by atoms with E-state index in [0.717, 1.165) is 0 Å². The van der Waals surface area contributed by atoms with Crippen LogP contribution in [0.25, 0.3) is 0 Å². The zero-order valence-corrected chi connectivity index (χ0v) is 5.67. The Morgan fingerprint density at radius 3 is 1.25 bits per heavy atom. The van der Waals surface area contributed by atoms with E-state index in [1.807, 2.05) is 0 Å². The van der Waals surface area contributed by atoms with Crippen molar-refractivity contribution in [1.82, 2.24) is 0 Å². The van der Waals surface area contributed by atoms with E-state index in [1.54, 1.807) is 0 Å². The maximum Gasteiger partial charge on any atom is 0.197 e. The van der Waals surface area contributed by atoms with Crippen LogP contribution in [0.1, 0.15) is 0 Å².